The number of aromatic nitrogens is 6. The Morgan fingerprint density at radius 2 is 2.00 bits per heavy atom. The van der Waals surface area contributed by atoms with E-state index < -0.39 is 15.7 Å². The minimum Gasteiger partial charge on any atom is -0.310 e. The van der Waals surface area contributed by atoms with Gasteiger partial charge in [-0.1, -0.05) is 6.92 Å². The minimum atomic E-state index is -3.20. The van der Waals surface area contributed by atoms with Crippen LogP contribution in [0.2, 0.25) is 0 Å². The summed E-state index contributed by atoms with van der Waals surface area (Å²) >= 11 is 1.35. The van der Waals surface area contributed by atoms with E-state index in [4.69, 9.17) is 4.78 Å². The van der Waals surface area contributed by atoms with Gasteiger partial charge >= 0.3 is 0 Å². The fourth-order valence-electron chi connectivity index (χ4n) is 3.52. The zero-order chi connectivity index (χ0) is 23.5. The molecule has 12 heteroatoms. The lowest BCUT2D eigenvalue weighted by Crippen LogP contribution is -2.08. The second-order valence-electron chi connectivity index (χ2n) is 8.21. The Morgan fingerprint density at radius 3 is 2.67 bits per heavy atom. The number of hydrogen-bond acceptors (Lipinski definition) is 8. The number of pyridine rings is 2. The van der Waals surface area contributed by atoms with Gasteiger partial charge in [-0.3, -0.25) is 4.98 Å². The molecule has 172 valence electrons. The molecule has 1 fully saturated rings. The molecule has 8 nitrogen and oxygen atoms in total. The van der Waals surface area contributed by atoms with Gasteiger partial charge in [-0.15, -0.1) is 0 Å². The lowest BCUT2D eigenvalue weighted by atomic mass is 10.2. The van der Waals surface area contributed by atoms with Crippen molar-refractivity contribution in [3.63, 3.8) is 0 Å². The maximum Gasteiger partial charge on any atom is 0.272 e. The van der Waals surface area contributed by atoms with Crippen LogP contribution in [0.25, 0.3) is 34.1 Å². The summed E-state index contributed by atoms with van der Waals surface area (Å²) in [5, 5.41) is 0.975. The third kappa shape index (κ3) is 3.90. The second kappa shape index (κ2) is 7.59. The van der Waals surface area contributed by atoms with Gasteiger partial charge in [-0.2, -0.15) is 4.37 Å². The summed E-state index contributed by atoms with van der Waals surface area (Å²) in [5.41, 5.74) is 1.24. The van der Waals surface area contributed by atoms with Gasteiger partial charge in [-0.25, -0.2) is 32.7 Å². The van der Waals surface area contributed by atoms with Gasteiger partial charge in [0, 0.05) is 49.2 Å². The van der Waals surface area contributed by atoms with Crippen molar-refractivity contribution in [3.8, 4) is 22.9 Å². The highest BCUT2D eigenvalue weighted by molar-refractivity contribution is 7.92. The number of fused-ring (bicyclic) bond motifs is 1. The first-order valence-electron chi connectivity index (χ1n) is 10.4. The topological polar surface area (TPSA) is 110 Å². The van der Waals surface area contributed by atoms with Crippen molar-refractivity contribution in [2.75, 3.05) is 5.75 Å². The van der Waals surface area contributed by atoms with Crippen LogP contribution in [0.4, 0.5) is 8.78 Å². The molecule has 1 aliphatic rings. The highest BCUT2D eigenvalue weighted by Gasteiger charge is 2.29. The molecule has 0 aliphatic heterocycles. The Morgan fingerprint density at radius 1 is 1.24 bits per heavy atom. The predicted molar refractivity (Wildman–Crippen MR) is 122 cm³/mol. The highest BCUT2D eigenvalue weighted by atomic mass is 32.2. The van der Waals surface area contributed by atoms with Gasteiger partial charge in [-0.05, 0) is 36.5 Å². The largest absolute Gasteiger partial charge is 0.310 e. The molecule has 0 saturated heterocycles. The first-order valence-corrected chi connectivity index (χ1v) is 12.9. The molecule has 0 spiro atoms. The molecule has 0 aromatic carbocycles. The van der Waals surface area contributed by atoms with E-state index in [2.05, 4.69) is 24.3 Å². The molecule has 4 aromatic heterocycles. The van der Waals surface area contributed by atoms with Gasteiger partial charge in [0.2, 0.25) is 0 Å². The summed E-state index contributed by atoms with van der Waals surface area (Å²) in [6, 6.07) is 2.93. The van der Waals surface area contributed by atoms with Crippen LogP contribution in [0.1, 0.15) is 43.2 Å². The fourth-order valence-corrected chi connectivity index (χ4v) is 5.44. The molecule has 4 aromatic rings. The van der Waals surface area contributed by atoms with Crippen LogP contribution < -0.4 is 0 Å². The van der Waals surface area contributed by atoms with Crippen LogP contribution in [0.5, 0.6) is 0 Å². The average molecular weight is 490 g/mol. The van der Waals surface area contributed by atoms with Crippen LogP contribution in [-0.4, -0.2) is 38.8 Å². The van der Waals surface area contributed by atoms with Gasteiger partial charge in [0.25, 0.3) is 5.92 Å². The summed E-state index contributed by atoms with van der Waals surface area (Å²) in [4.78, 5) is 17.9. The Balaban J connectivity index is 1.67. The van der Waals surface area contributed by atoms with E-state index in [-0.39, 0.29) is 27.4 Å². The average Bonchev–Trinajstić information content (AvgIpc) is 3.42. The number of imidazole rings is 1. The SMILES string of the molecule is CCS(=N)(=O)c1cc(-c2nsc(C3CC3)n2)cnc1-c1nc2cc(C(C)(F)F)cnc2n1C. The molecule has 0 bridgehead atoms. The molecular formula is C21H21F2N7OS2. The van der Waals surface area contributed by atoms with E-state index in [0.717, 1.165) is 31.0 Å². The number of rotatable bonds is 6. The van der Waals surface area contributed by atoms with Crippen molar-refractivity contribution < 1.29 is 13.0 Å². The zero-order valence-electron chi connectivity index (χ0n) is 18.2. The van der Waals surface area contributed by atoms with Crippen LogP contribution >= 0.6 is 11.5 Å². The molecule has 1 aliphatic carbocycles. The fraction of sp³-hybridized carbons (Fsp3) is 0.381. The predicted octanol–water partition coefficient (Wildman–Crippen LogP) is 4.96. The van der Waals surface area contributed by atoms with E-state index in [1.54, 1.807) is 30.8 Å². The van der Waals surface area contributed by atoms with Crippen LogP contribution in [0.15, 0.2) is 29.4 Å². The molecule has 5 rings (SSSR count). The van der Waals surface area contributed by atoms with Crippen molar-refractivity contribution in [1.29, 1.82) is 4.78 Å². The van der Waals surface area contributed by atoms with E-state index >= 15 is 0 Å². The molecule has 4 heterocycles. The first-order chi connectivity index (χ1) is 15.6. The zero-order valence-corrected chi connectivity index (χ0v) is 19.8. The van der Waals surface area contributed by atoms with E-state index in [0.29, 0.717) is 28.8 Å². The number of nitrogens with zero attached hydrogens (tertiary/aromatic N) is 6. The smallest absolute Gasteiger partial charge is 0.272 e. The molecular weight excluding hydrogens is 468 g/mol. The van der Waals surface area contributed by atoms with Crippen molar-refractivity contribution in [2.45, 2.75) is 43.4 Å². The van der Waals surface area contributed by atoms with Gasteiger partial charge in [0.15, 0.2) is 17.3 Å². The molecule has 0 radical (unpaired) electrons. The second-order valence-corrected chi connectivity index (χ2v) is 11.4. The molecule has 1 N–H and O–H groups in total. The van der Waals surface area contributed by atoms with Gasteiger partial charge in [0.05, 0.1) is 14.6 Å². The quantitative estimate of drug-likeness (QED) is 0.410. The molecule has 1 unspecified atom stereocenters. The van der Waals surface area contributed by atoms with Crippen LogP contribution in [0, 0.1) is 4.78 Å². The lowest BCUT2D eigenvalue weighted by molar-refractivity contribution is 0.0172. The maximum atomic E-state index is 13.8. The van der Waals surface area contributed by atoms with E-state index in [1.807, 2.05) is 0 Å². The number of nitrogens with one attached hydrogen (secondary N) is 1. The van der Waals surface area contributed by atoms with E-state index in [9.17, 15) is 13.0 Å². The Hall–Kier alpha value is -2.86. The Kier molecular flexibility index (Phi) is 5.05. The number of halogens is 2. The van der Waals surface area contributed by atoms with Crippen molar-refractivity contribution in [2.24, 2.45) is 7.05 Å². The molecule has 1 atom stereocenters. The van der Waals surface area contributed by atoms with Crippen molar-refractivity contribution in [3.05, 3.63) is 35.1 Å². The highest BCUT2D eigenvalue weighted by Crippen LogP contribution is 2.41. The maximum absolute atomic E-state index is 13.8. The van der Waals surface area contributed by atoms with Crippen molar-refractivity contribution >= 4 is 32.4 Å². The summed E-state index contributed by atoms with van der Waals surface area (Å²) in [6.07, 6.45) is 4.91. The lowest BCUT2D eigenvalue weighted by Gasteiger charge is -2.12. The summed E-state index contributed by atoms with van der Waals surface area (Å²) in [7, 11) is -1.52. The minimum absolute atomic E-state index is 0.0807. The van der Waals surface area contributed by atoms with Crippen LogP contribution in [0.3, 0.4) is 0 Å². The van der Waals surface area contributed by atoms with Crippen LogP contribution in [-0.2, 0) is 22.7 Å². The number of alkyl halides is 2. The normalized spacial score (nSPS) is 16.3. The summed E-state index contributed by atoms with van der Waals surface area (Å²) < 4.78 is 55.3. The summed E-state index contributed by atoms with van der Waals surface area (Å²) in [5.74, 6) is -1.71. The number of hydrogen-bond donors (Lipinski definition) is 1. The Labute approximate surface area is 193 Å². The standard InChI is InChI=1S/C21H21F2N7OS2/c1-4-33(24,31)15-7-12(17-28-20(32-29-17)11-5-6-11)9-25-16(15)19-27-14-8-13(21(2,22)23)10-26-18(14)30(19)3/h7-11,24H,4-6H2,1-3H3. The monoisotopic (exact) mass is 489 g/mol. The molecule has 0 amide bonds. The number of aryl methyl sites for hydroxylation is 1. The third-order valence-corrected chi connectivity index (χ3v) is 8.38. The van der Waals surface area contributed by atoms with Crippen molar-refractivity contribution in [1.82, 2.24) is 28.9 Å². The first kappa shape index (κ1) is 22.0. The van der Waals surface area contributed by atoms with Gasteiger partial charge in [0.1, 0.15) is 16.2 Å². The van der Waals surface area contributed by atoms with Gasteiger partial charge < -0.3 is 4.57 Å². The Bertz CT molecular complexity index is 1480. The van der Waals surface area contributed by atoms with E-state index in [1.165, 1.54) is 17.6 Å². The third-order valence-electron chi connectivity index (χ3n) is 5.67. The molecule has 1 saturated carbocycles. The molecule has 33 heavy (non-hydrogen) atoms. The summed E-state index contributed by atoms with van der Waals surface area (Å²) in [6.45, 7) is 2.47.